The molecular weight excluding hydrogens is 244 g/mol. The number of hydrogen-bond donors (Lipinski definition) is 1. The van der Waals surface area contributed by atoms with Gasteiger partial charge in [0.2, 0.25) is 0 Å². The first-order chi connectivity index (χ1) is 9.74. The predicted octanol–water partition coefficient (Wildman–Crippen LogP) is 3.91. The molecule has 1 aromatic carbocycles. The van der Waals surface area contributed by atoms with Crippen LogP contribution in [0, 0.1) is 6.92 Å². The number of benzene rings is 1. The van der Waals surface area contributed by atoms with Crippen molar-refractivity contribution in [2.45, 2.75) is 58.5 Å². The third-order valence-corrected chi connectivity index (χ3v) is 4.56. The van der Waals surface area contributed by atoms with Crippen LogP contribution in [0.4, 0.5) is 0 Å². The maximum atomic E-state index is 3.68. The summed E-state index contributed by atoms with van der Waals surface area (Å²) in [5, 5.41) is 3.68. The van der Waals surface area contributed by atoms with Crippen LogP contribution in [-0.2, 0) is 0 Å². The second kappa shape index (κ2) is 7.80. The summed E-state index contributed by atoms with van der Waals surface area (Å²) < 4.78 is 0. The van der Waals surface area contributed by atoms with Gasteiger partial charge in [-0.3, -0.25) is 4.90 Å². The molecule has 0 bridgehead atoms. The Kier molecular flexibility index (Phi) is 6.06. The van der Waals surface area contributed by atoms with Gasteiger partial charge in [-0.15, -0.1) is 0 Å². The normalized spacial score (nSPS) is 21.1. The second-order valence-electron chi connectivity index (χ2n) is 6.07. The van der Waals surface area contributed by atoms with Gasteiger partial charge in [0.25, 0.3) is 0 Å². The van der Waals surface area contributed by atoms with E-state index in [9.17, 15) is 0 Å². The molecule has 2 unspecified atom stereocenters. The van der Waals surface area contributed by atoms with Crippen LogP contribution in [0.25, 0.3) is 0 Å². The highest BCUT2D eigenvalue weighted by Crippen LogP contribution is 2.25. The van der Waals surface area contributed by atoms with E-state index in [1.54, 1.807) is 0 Å². The topological polar surface area (TPSA) is 15.3 Å². The average Bonchev–Trinajstić information content (AvgIpc) is 2.49. The lowest BCUT2D eigenvalue weighted by molar-refractivity contribution is 0.170. The first kappa shape index (κ1) is 15.5. The van der Waals surface area contributed by atoms with Gasteiger partial charge in [0.05, 0.1) is 0 Å². The van der Waals surface area contributed by atoms with Crippen molar-refractivity contribution in [3.05, 3.63) is 35.4 Å². The van der Waals surface area contributed by atoms with E-state index in [0.717, 1.165) is 6.54 Å². The summed E-state index contributed by atoms with van der Waals surface area (Å²) >= 11 is 0. The minimum atomic E-state index is 0.560. The zero-order valence-corrected chi connectivity index (χ0v) is 13.4. The number of likely N-dealkylation sites (N-methyl/N-ethyl adjacent to an activating group) is 1. The van der Waals surface area contributed by atoms with Crippen LogP contribution < -0.4 is 5.32 Å². The van der Waals surface area contributed by atoms with Crippen LogP contribution in [0.2, 0.25) is 0 Å². The number of rotatable bonds is 6. The Balaban J connectivity index is 2.04. The molecule has 1 aromatic rings. The van der Waals surface area contributed by atoms with Gasteiger partial charge in [-0.2, -0.15) is 0 Å². The molecule has 1 saturated heterocycles. The number of nitrogens with one attached hydrogen (secondary N) is 1. The summed E-state index contributed by atoms with van der Waals surface area (Å²) in [6, 6.07) is 10.3. The number of hydrogen-bond acceptors (Lipinski definition) is 2. The van der Waals surface area contributed by atoms with Crippen molar-refractivity contribution in [2.24, 2.45) is 0 Å². The van der Waals surface area contributed by atoms with Crippen molar-refractivity contribution in [3.8, 4) is 0 Å². The number of aryl methyl sites for hydroxylation is 1. The molecule has 1 aliphatic rings. The Morgan fingerprint density at radius 3 is 2.50 bits per heavy atom. The van der Waals surface area contributed by atoms with Crippen molar-refractivity contribution in [2.75, 3.05) is 19.6 Å². The van der Waals surface area contributed by atoms with E-state index >= 15 is 0 Å². The van der Waals surface area contributed by atoms with Gasteiger partial charge in [-0.25, -0.2) is 0 Å². The summed E-state index contributed by atoms with van der Waals surface area (Å²) in [5.74, 6) is 0. The van der Waals surface area contributed by atoms with E-state index in [1.807, 2.05) is 0 Å². The molecule has 2 atom stereocenters. The van der Waals surface area contributed by atoms with Crippen molar-refractivity contribution in [1.82, 2.24) is 10.2 Å². The molecule has 2 nitrogen and oxygen atoms in total. The molecule has 1 N–H and O–H groups in total. The quantitative estimate of drug-likeness (QED) is 0.846. The first-order valence-corrected chi connectivity index (χ1v) is 8.28. The summed E-state index contributed by atoms with van der Waals surface area (Å²) in [7, 11) is 0. The maximum Gasteiger partial charge on any atom is 0.0346 e. The van der Waals surface area contributed by atoms with Gasteiger partial charge in [0.15, 0.2) is 0 Å². The van der Waals surface area contributed by atoms with E-state index in [4.69, 9.17) is 0 Å². The maximum absolute atomic E-state index is 3.68. The van der Waals surface area contributed by atoms with Crippen molar-refractivity contribution in [1.29, 1.82) is 0 Å². The minimum Gasteiger partial charge on any atom is -0.313 e. The smallest absolute Gasteiger partial charge is 0.0346 e. The van der Waals surface area contributed by atoms with Gasteiger partial charge < -0.3 is 5.32 Å². The molecule has 112 valence electrons. The number of nitrogens with zero attached hydrogens (tertiary/aromatic N) is 1. The van der Waals surface area contributed by atoms with Crippen molar-refractivity contribution in [3.63, 3.8) is 0 Å². The largest absolute Gasteiger partial charge is 0.313 e. The Morgan fingerprint density at radius 1 is 1.20 bits per heavy atom. The van der Waals surface area contributed by atoms with Gasteiger partial charge >= 0.3 is 0 Å². The molecule has 0 saturated carbocycles. The van der Waals surface area contributed by atoms with Crippen LogP contribution in [0.5, 0.6) is 0 Å². The zero-order chi connectivity index (χ0) is 14.4. The second-order valence-corrected chi connectivity index (χ2v) is 6.07. The molecule has 2 heteroatoms. The average molecular weight is 274 g/mol. The number of piperidine rings is 1. The third-order valence-electron chi connectivity index (χ3n) is 4.56. The molecule has 1 heterocycles. The van der Waals surface area contributed by atoms with Gasteiger partial charge in [-0.1, -0.05) is 50.1 Å². The summed E-state index contributed by atoms with van der Waals surface area (Å²) in [6.07, 6.45) is 5.25. The van der Waals surface area contributed by atoms with E-state index in [0.29, 0.717) is 12.1 Å². The summed E-state index contributed by atoms with van der Waals surface area (Å²) in [4.78, 5) is 2.65. The van der Waals surface area contributed by atoms with Crippen molar-refractivity contribution >= 4 is 0 Å². The molecule has 2 rings (SSSR count). The lowest BCUT2D eigenvalue weighted by Crippen LogP contribution is -2.44. The molecule has 0 aromatic heterocycles. The monoisotopic (exact) mass is 274 g/mol. The Bertz CT molecular complexity index is 379. The fraction of sp³-hybridized carbons (Fsp3) is 0.667. The zero-order valence-electron chi connectivity index (χ0n) is 13.4. The Hall–Kier alpha value is -0.860. The standard InChI is InChI=1S/C18H30N2/c1-4-18(16-11-9-15(3)10-12-16)20(5-2)14-17-8-6-7-13-19-17/h9-12,17-19H,4-8,13-14H2,1-3H3. The van der Waals surface area contributed by atoms with Crippen LogP contribution in [0.1, 0.15) is 56.7 Å². The summed E-state index contributed by atoms with van der Waals surface area (Å²) in [6.45, 7) is 10.3. The molecular formula is C18H30N2. The fourth-order valence-electron chi connectivity index (χ4n) is 3.33. The molecule has 0 radical (unpaired) electrons. The first-order valence-electron chi connectivity index (χ1n) is 8.28. The van der Waals surface area contributed by atoms with E-state index in [2.05, 4.69) is 55.3 Å². The molecule has 0 amide bonds. The Morgan fingerprint density at radius 2 is 1.95 bits per heavy atom. The van der Waals surface area contributed by atoms with Crippen LogP contribution in [0.3, 0.4) is 0 Å². The van der Waals surface area contributed by atoms with E-state index in [1.165, 1.54) is 49.9 Å². The molecule has 1 fully saturated rings. The highest BCUT2D eigenvalue weighted by molar-refractivity contribution is 5.24. The summed E-state index contributed by atoms with van der Waals surface area (Å²) in [5.41, 5.74) is 2.82. The highest BCUT2D eigenvalue weighted by Gasteiger charge is 2.22. The van der Waals surface area contributed by atoms with Crippen LogP contribution in [0.15, 0.2) is 24.3 Å². The lowest BCUT2D eigenvalue weighted by Gasteiger charge is -2.35. The lowest BCUT2D eigenvalue weighted by atomic mass is 9.99. The molecule has 20 heavy (non-hydrogen) atoms. The third kappa shape index (κ3) is 4.07. The van der Waals surface area contributed by atoms with E-state index < -0.39 is 0 Å². The van der Waals surface area contributed by atoms with Crippen LogP contribution >= 0.6 is 0 Å². The highest BCUT2D eigenvalue weighted by atomic mass is 15.2. The molecule has 0 spiro atoms. The van der Waals surface area contributed by atoms with Gasteiger partial charge in [-0.05, 0) is 44.8 Å². The van der Waals surface area contributed by atoms with Crippen LogP contribution in [-0.4, -0.2) is 30.6 Å². The minimum absolute atomic E-state index is 0.560. The van der Waals surface area contributed by atoms with Gasteiger partial charge in [0, 0.05) is 18.6 Å². The van der Waals surface area contributed by atoms with E-state index in [-0.39, 0.29) is 0 Å². The molecule has 1 aliphatic heterocycles. The fourth-order valence-corrected chi connectivity index (χ4v) is 3.33. The van der Waals surface area contributed by atoms with Crippen molar-refractivity contribution < 1.29 is 0 Å². The predicted molar refractivity (Wildman–Crippen MR) is 87.1 cm³/mol. The Labute approximate surface area is 124 Å². The SMILES string of the molecule is CCC(c1ccc(C)cc1)N(CC)CC1CCCCN1. The molecule has 0 aliphatic carbocycles. The van der Waals surface area contributed by atoms with Gasteiger partial charge in [0.1, 0.15) is 0 Å².